The van der Waals surface area contributed by atoms with Crippen LogP contribution in [0.5, 0.6) is 5.75 Å². The maximum atomic E-state index is 13.3. The van der Waals surface area contributed by atoms with Gasteiger partial charge in [-0.25, -0.2) is 9.37 Å². The van der Waals surface area contributed by atoms with Crippen LogP contribution in [0.25, 0.3) is 5.65 Å². The van der Waals surface area contributed by atoms with E-state index >= 15 is 0 Å². The molecule has 1 aliphatic heterocycles. The van der Waals surface area contributed by atoms with E-state index in [0.29, 0.717) is 37.5 Å². The summed E-state index contributed by atoms with van der Waals surface area (Å²) in [7, 11) is 0. The molecule has 4 aromatic rings. The molecule has 1 amide bonds. The van der Waals surface area contributed by atoms with Crippen LogP contribution in [0, 0.1) is 12.7 Å². The molecule has 7 heteroatoms. The van der Waals surface area contributed by atoms with E-state index in [1.54, 1.807) is 18.2 Å². The van der Waals surface area contributed by atoms with Crippen LogP contribution in [0.1, 0.15) is 21.6 Å². The molecule has 0 N–H and O–H groups in total. The molecule has 3 heterocycles. The molecule has 1 saturated heterocycles. The standard InChI is InChI=1S/C26H25FN4O2/c1-19-6-11-25-28-21(17-31(25)16-19)18-33-24-5-3-2-4-23(24)26(32)30-14-12-29(13-15-30)22-9-7-20(27)8-10-22/h2-11,16-17H,12-15,18H2,1H3. The molecule has 0 bridgehead atoms. The molecule has 0 spiro atoms. The number of fused-ring (bicyclic) bond motifs is 1. The second-order valence-electron chi connectivity index (χ2n) is 8.24. The van der Waals surface area contributed by atoms with E-state index < -0.39 is 0 Å². The Morgan fingerprint density at radius 3 is 2.52 bits per heavy atom. The van der Waals surface area contributed by atoms with E-state index in [1.165, 1.54) is 12.1 Å². The number of amides is 1. The van der Waals surface area contributed by atoms with E-state index in [9.17, 15) is 9.18 Å². The Bertz CT molecular complexity index is 1280. The van der Waals surface area contributed by atoms with Gasteiger partial charge in [-0.15, -0.1) is 0 Å². The predicted molar refractivity (Wildman–Crippen MR) is 125 cm³/mol. The fraction of sp³-hybridized carbons (Fsp3) is 0.231. The Labute approximate surface area is 191 Å². The molecular weight excluding hydrogens is 419 g/mol. The summed E-state index contributed by atoms with van der Waals surface area (Å²) in [5.74, 6) is 0.259. The van der Waals surface area contributed by atoms with Crippen LogP contribution in [0.3, 0.4) is 0 Å². The highest BCUT2D eigenvalue weighted by atomic mass is 19.1. The van der Waals surface area contributed by atoms with E-state index in [0.717, 1.165) is 22.6 Å². The topological polar surface area (TPSA) is 50.1 Å². The molecule has 33 heavy (non-hydrogen) atoms. The Morgan fingerprint density at radius 1 is 0.970 bits per heavy atom. The van der Waals surface area contributed by atoms with Gasteiger partial charge in [-0.1, -0.05) is 18.2 Å². The number of nitrogens with zero attached hydrogens (tertiary/aromatic N) is 4. The van der Waals surface area contributed by atoms with E-state index in [1.807, 2.05) is 58.9 Å². The number of carbonyl (C=O) groups excluding carboxylic acids is 1. The zero-order valence-corrected chi connectivity index (χ0v) is 18.4. The van der Waals surface area contributed by atoms with Gasteiger partial charge < -0.3 is 18.9 Å². The van der Waals surface area contributed by atoms with Crippen LogP contribution in [0.15, 0.2) is 73.1 Å². The summed E-state index contributed by atoms with van der Waals surface area (Å²) >= 11 is 0. The third kappa shape index (κ3) is 4.53. The van der Waals surface area contributed by atoms with Crippen molar-refractivity contribution >= 4 is 17.2 Å². The van der Waals surface area contributed by atoms with Crippen molar-refractivity contribution in [1.29, 1.82) is 0 Å². The van der Waals surface area contributed by atoms with Crippen LogP contribution in [-0.2, 0) is 6.61 Å². The largest absolute Gasteiger partial charge is 0.486 e. The van der Waals surface area contributed by atoms with Gasteiger partial charge in [-0.3, -0.25) is 4.79 Å². The second kappa shape index (κ2) is 8.94. The summed E-state index contributed by atoms with van der Waals surface area (Å²) in [5, 5.41) is 0. The number of aryl methyl sites for hydroxylation is 1. The first-order valence-electron chi connectivity index (χ1n) is 11.0. The molecule has 2 aromatic carbocycles. The fourth-order valence-corrected chi connectivity index (χ4v) is 4.14. The number of ether oxygens (including phenoxy) is 1. The van der Waals surface area contributed by atoms with Gasteiger partial charge in [0.15, 0.2) is 0 Å². The third-order valence-corrected chi connectivity index (χ3v) is 5.90. The smallest absolute Gasteiger partial charge is 0.257 e. The lowest BCUT2D eigenvalue weighted by molar-refractivity contribution is 0.0742. The quantitative estimate of drug-likeness (QED) is 0.460. The third-order valence-electron chi connectivity index (χ3n) is 5.90. The monoisotopic (exact) mass is 444 g/mol. The summed E-state index contributed by atoms with van der Waals surface area (Å²) in [6, 6.07) is 17.8. The van der Waals surface area contributed by atoms with Crippen molar-refractivity contribution < 1.29 is 13.9 Å². The number of para-hydroxylation sites is 1. The fourth-order valence-electron chi connectivity index (χ4n) is 4.14. The predicted octanol–water partition coefficient (Wildman–Crippen LogP) is 4.32. The minimum Gasteiger partial charge on any atom is -0.486 e. The van der Waals surface area contributed by atoms with E-state index in [4.69, 9.17) is 4.74 Å². The average molecular weight is 445 g/mol. The SMILES string of the molecule is Cc1ccc2nc(COc3ccccc3C(=O)N3CCN(c4ccc(F)cc4)CC3)cn2c1. The summed E-state index contributed by atoms with van der Waals surface area (Å²) < 4.78 is 21.2. The van der Waals surface area contributed by atoms with Gasteiger partial charge in [0.1, 0.15) is 23.8 Å². The molecule has 1 fully saturated rings. The van der Waals surface area contributed by atoms with Crippen LogP contribution in [-0.4, -0.2) is 46.4 Å². The molecule has 1 aliphatic rings. The molecule has 2 aromatic heterocycles. The number of halogens is 1. The first-order chi connectivity index (χ1) is 16.1. The lowest BCUT2D eigenvalue weighted by Gasteiger charge is -2.36. The highest BCUT2D eigenvalue weighted by molar-refractivity contribution is 5.97. The number of hydrogen-bond donors (Lipinski definition) is 0. The maximum absolute atomic E-state index is 13.3. The van der Waals surface area contributed by atoms with Gasteiger partial charge in [-0.05, 0) is 55.0 Å². The Balaban J connectivity index is 1.25. The van der Waals surface area contributed by atoms with Crippen LogP contribution >= 0.6 is 0 Å². The molecule has 6 nitrogen and oxygen atoms in total. The summed E-state index contributed by atoms with van der Waals surface area (Å²) in [6.45, 7) is 4.90. The molecule has 0 unspecified atom stereocenters. The molecule has 0 saturated carbocycles. The number of benzene rings is 2. The Hall–Kier alpha value is -3.87. The minimum absolute atomic E-state index is 0.0463. The number of piperazine rings is 1. The summed E-state index contributed by atoms with van der Waals surface area (Å²) in [6.07, 6.45) is 3.97. The highest BCUT2D eigenvalue weighted by Gasteiger charge is 2.24. The van der Waals surface area contributed by atoms with Crippen LogP contribution in [0.4, 0.5) is 10.1 Å². The zero-order valence-electron chi connectivity index (χ0n) is 18.4. The minimum atomic E-state index is -0.247. The van der Waals surface area contributed by atoms with Gasteiger partial charge in [0.25, 0.3) is 5.91 Å². The van der Waals surface area contributed by atoms with Gasteiger partial charge in [0.05, 0.1) is 11.3 Å². The molecular formula is C26H25FN4O2. The van der Waals surface area contributed by atoms with Gasteiger partial charge in [0.2, 0.25) is 0 Å². The van der Waals surface area contributed by atoms with E-state index in [-0.39, 0.29) is 18.3 Å². The van der Waals surface area contributed by atoms with Crippen molar-refractivity contribution in [3.05, 3.63) is 95.7 Å². The van der Waals surface area contributed by atoms with Crippen molar-refractivity contribution in [2.75, 3.05) is 31.1 Å². The van der Waals surface area contributed by atoms with E-state index in [2.05, 4.69) is 9.88 Å². The normalized spacial score (nSPS) is 14.0. The van der Waals surface area contributed by atoms with Crippen LogP contribution in [0.2, 0.25) is 0 Å². The molecule has 0 radical (unpaired) electrons. The first-order valence-corrected chi connectivity index (χ1v) is 11.0. The van der Waals surface area contributed by atoms with Gasteiger partial charge in [0, 0.05) is 44.3 Å². The van der Waals surface area contributed by atoms with Gasteiger partial charge in [-0.2, -0.15) is 0 Å². The number of aromatic nitrogens is 2. The van der Waals surface area contributed by atoms with Gasteiger partial charge >= 0.3 is 0 Å². The molecule has 0 atom stereocenters. The van der Waals surface area contributed by atoms with Crippen molar-refractivity contribution in [2.45, 2.75) is 13.5 Å². The number of pyridine rings is 1. The Kier molecular flexibility index (Phi) is 5.69. The second-order valence-corrected chi connectivity index (χ2v) is 8.24. The average Bonchev–Trinajstić information content (AvgIpc) is 3.25. The number of imidazole rings is 1. The molecule has 5 rings (SSSR count). The molecule has 168 valence electrons. The lowest BCUT2D eigenvalue weighted by Crippen LogP contribution is -2.48. The van der Waals surface area contributed by atoms with Crippen molar-refractivity contribution in [1.82, 2.24) is 14.3 Å². The summed E-state index contributed by atoms with van der Waals surface area (Å²) in [4.78, 5) is 21.9. The lowest BCUT2D eigenvalue weighted by atomic mass is 10.1. The summed E-state index contributed by atoms with van der Waals surface area (Å²) in [5.41, 5.74) is 4.34. The van der Waals surface area contributed by atoms with Crippen molar-refractivity contribution in [3.63, 3.8) is 0 Å². The molecule has 0 aliphatic carbocycles. The van der Waals surface area contributed by atoms with Crippen LogP contribution < -0.4 is 9.64 Å². The maximum Gasteiger partial charge on any atom is 0.257 e. The number of rotatable bonds is 5. The number of anilines is 1. The Morgan fingerprint density at radius 2 is 1.73 bits per heavy atom. The van der Waals surface area contributed by atoms with Crippen molar-refractivity contribution in [2.24, 2.45) is 0 Å². The highest BCUT2D eigenvalue weighted by Crippen LogP contribution is 2.23. The number of carbonyl (C=O) groups is 1. The number of hydrogen-bond acceptors (Lipinski definition) is 4. The first kappa shape index (κ1) is 21.0. The zero-order chi connectivity index (χ0) is 22.8. The van der Waals surface area contributed by atoms with Crippen molar-refractivity contribution in [3.8, 4) is 5.75 Å².